The topological polar surface area (TPSA) is 62.7 Å². The third-order valence-electron chi connectivity index (χ3n) is 2.36. The Balaban J connectivity index is 3.07. The minimum atomic E-state index is -0.603. The SMILES string of the molecule is CC/C(=N/NC(=O)OC)c1cc(Cl)ccc1NC. The van der Waals surface area contributed by atoms with Crippen LogP contribution in [-0.4, -0.2) is 26.0 Å². The molecule has 0 unspecified atom stereocenters. The van der Waals surface area contributed by atoms with Gasteiger partial charge in [-0.25, -0.2) is 10.2 Å². The molecule has 0 saturated carbocycles. The largest absolute Gasteiger partial charge is 0.452 e. The molecule has 1 amide bonds. The first-order valence-electron chi connectivity index (χ1n) is 5.50. The Kier molecular flexibility index (Phi) is 5.45. The second-order valence-electron chi connectivity index (χ2n) is 3.46. The van der Waals surface area contributed by atoms with Gasteiger partial charge in [0, 0.05) is 23.3 Å². The lowest BCUT2D eigenvalue weighted by Gasteiger charge is -2.11. The van der Waals surface area contributed by atoms with Crippen molar-refractivity contribution in [1.82, 2.24) is 5.43 Å². The van der Waals surface area contributed by atoms with Crippen molar-refractivity contribution in [2.75, 3.05) is 19.5 Å². The van der Waals surface area contributed by atoms with Crippen LogP contribution >= 0.6 is 11.6 Å². The number of methoxy groups -OCH3 is 1. The molecule has 1 aromatic carbocycles. The fraction of sp³-hybridized carbons (Fsp3) is 0.333. The van der Waals surface area contributed by atoms with Gasteiger partial charge < -0.3 is 10.1 Å². The molecule has 2 N–H and O–H groups in total. The molecule has 5 nitrogen and oxygen atoms in total. The van der Waals surface area contributed by atoms with Crippen molar-refractivity contribution in [3.05, 3.63) is 28.8 Å². The van der Waals surface area contributed by atoms with Gasteiger partial charge in [-0.05, 0) is 24.6 Å². The molecular formula is C12H16ClN3O2. The Hall–Kier alpha value is -1.75. The summed E-state index contributed by atoms with van der Waals surface area (Å²) in [6, 6.07) is 5.45. The highest BCUT2D eigenvalue weighted by Gasteiger charge is 2.09. The molecule has 98 valence electrons. The van der Waals surface area contributed by atoms with Crippen molar-refractivity contribution in [1.29, 1.82) is 0 Å². The van der Waals surface area contributed by atoms with Gasteiger partial charge in [-0.3, -0.25) is 0 Å². The number of carbonyl (C=O) groups is 1. The summed E-state index contributed by atoms with van der Waals surface area (Å²) in [5.74, 6) is 0. The number of benzene rings is 1. The lowest BCUT2D eigenvalue weighted by atomic mass is 10.1. The molecule has 1 aromatic rings. The molecule has 0 fully saturated rings. The van der Waals surface area contributed by atoms with Gasteiger partial charge >= 0.3 is 6.09 Å². The monoisotopic (exact) mass is 269 g/mol. The summed E-state index contributed by atoms with van der Waals surface area (Å²) in [4.78, 5) is 11.0. The summed E-state index contributed by atoms with van der Waals surface area (Å²) in [6.07, 6.45) is 0.0490. The van der Waals surface area contributed by atoms with Gasteiger partial charge in [0.1, 0.15) is 0 Å². The molecule has 0 spiro atoms. The summed E-state index contributed by atoms with van der Waals surface area (Å²) in [5.41, 5.74) is 4.77. The summed E-state index contributed by atoms with van der Waals surface area (Å²) in [7, 11) is 3.10. The average Bonchev–Trinajstić information content (AvgIpc) is 2.39. The van der Waals surface area contributed by atoms with Crippen LogP contribution in [0.5, 0.6) is 0 Å². The van der Waals surface area contributed by atoms with Crippen LogP contribution in [0.1, 0.15) is 18.9 Å². The Morgan fingerprint density at radius 2 is 2.22 bits per heavy atom. The molecule has 0 saturated heterocycles. The first-order valence-corrected chi connectivity index (χ1v) is 5.88. The number of carbonyl (C=O) groups excluding carboxylic acids is 1. The van der Waals surface area contributed by atoms with Gasteiger partial charge in [0.15, 0.2) is 0 Å². The number of hydrazone groups is 1. The Bertz CT molecular complexity index is 461. The van der Waals surface area contributed by atoms with E-state index in [1.54, 1.807) is 12.1 Å². The highest BCUT2D eigenvalue weighted by Crippen LogP contribution is 2.22. The molecule has 0 heterocycles. The molecule has 0 radical (unpaired) electrons. The third kappa shape index (κ3) is 3.63. The normalized spacial score (nSPS) is 11.0. The van der Waals surface area contributed by atoms with Crippen molar-refractivity contribution < 1.29 is 9.53 Å². The van der Waals surface area contributed by atoms with E-state index < -0.39 is 6.09 Å². The number of nitrogens with one attached hydrogen (secondary N) is 2. The molecule has 18 heavy (non-hydrogen) atoms. The van der Waals surface area contributed by atoms with Crippen molar-refractivity contribution in [2.24, 2.45) is 5.10 Å². The Morgan fingerprint density at radius 3 is 2.78 bits per heavy atom. The van der Waals surface area contributed by atoms with E-state index in [2.05, 4.69) is 20.6 Å². The number of amides is 1. The smallest absolute Gasteiger partial charge is 0.427 e. The lowest BCUT2D eigenvalue weighted by Crippen LogP contribution is -2.19. The van der Waals surface area contributed by atoms with E-state index in [4.69, 9.17) is 11.6 Å². The molecule has 0 bridgehead atoms. The number of rotatable bonds is 4. The number of ether oxygens (including phenoxy) is 1. The van der Waals surface area contributed by atoms with Crippen LogP contribution in [-0.2, 0) is 4.74 Å². The van der Waals surface area contributed by atoms with E-state index in [1.807, 2.05) is 20.0 Å². The Labute approximate surface area is 111 Å². The number of halogens is 1. The van der Waals surface area contributed by atoms with E-state index in [1.165, 1.54) is 7.11 Å². The van der Waals surface area contributed by atoms with Gasteiger partial charge in [-0.2, -0.15) is 5.10 Å². The van der Waals surface area contributed by atoms with Gasteiger partial charge in [0.2, 0.25) is 0 Å². The first kappa shape index (κ1) is 14.3. The van der Waals surface area contributed by atoms with Crippen LogP contribution in [0.2, 0.25) is 5.02 Å². The standard InChI is InChI=1S/C12H16ClN3O2/c1-4-10(15-16-12(17)18-3)9-7-8(13)5-6-11(9)14-2/h5-7,14H,4H2,1-3H3,(H,16,17)/b15-10-. The minimum Gasteiger partial charge on any atom is -0.452 e. The van der Waals surface area contributed by atoms with Crippen LogP contribution < -0.4 is 10.7 Å². The zero-order valence-corrected chi connectivity index (χ0v) is 11.3. The van der Waals surface area contributed by atoms with Crippen molar-refractivity contribution in [3.63, 3.8) is 0 Å². The predicted molar refractivity (Wildman–Crippen MR) is 73.4 cm³/mol. The predicted octanol–water partition coefficient (Wildman–Crippen LogP) is 2.85. The van der Waals surface area contributed by atoms with E-state index in [-0.39, 0.29) is 0 Å². The van der Waals surface area contributed by atoms with E-state index in [9.17, 15) is 4.79 Å². The second-order valence-corrected chi connectivity index (χ2v) is 3.89. The molecule has 1 rings (SSSR count). The fourth-order valence-electron chi connectivity index (χ4n) is 1.46. The maximum atomic E-state index is 11.0. The maximum absolute atomic E-state index is 11.0. The lowest BCUT2D eigenvalue weighted by molar-refractivity contribution is 0.171. The van der Waals surface area contributed by atoms with E-state index >= 15 is 0 Å². The summed E-state index contributed by atoms with van der Waals surface area (Å²) < 4.78 is 4.46. The minimum absolute atomic E-state index is 0.603. The number of nitrogens with zero attached hydrogens (tertiary/aromatic N) is 1. The van der Waals surface area contributed by atoms with Gasteiger partial charge in [0.25, 0.3) is 0 Å². The molecule has 0 atom stereocenters. The molecule has 0 aromatic heterocycles. The van der Waals surface area contributed by atoms with Crippen LogP contribution in [0, 0.1) is 0 Å². The van der Waals surface area contributed by atoms with E-state index in [0.29, 0.717) is 17.2 Å². The maximum Gasteiger partial charge on any atom is 0.427 e. The number of hydrogen-bond acceptors (Lipinski definition) is 4. The molecule has 0 aliphatic carbocycles. The summed E-state index contributed by atoms with van der Waals surface area (Å²) in [6.45, 7) is 1.94. The average molecular weight is 270 g/mol. The Morgan fingerprint density at radius 1 is 1.50 bits per heavy atom. The second kappa shape index (κ2) is 6.86. The first-order chi connectivity index (χ1) is 8.62. The van der Waals surface area contributed by atoms with Gasteiger partial charge in [0.05, 0.1) is 12.8 Å². The molecule has 0 aliphatic rings. The van der Waals surface area contributed by atoms with Crippen molar-refractivity contribution in [2.45, 2.75) is 13.3 Å². The highest BCUT2D eigenvalue weighted by atomic mass is 35.5. The van der Waals surface area contributed by atoms with Crippen LogP contribution in [0.25, 0.3) is 0 Å². The van der Waals surface area contributed by atoms with Crippen molar-refractivity contribution >= 4 is 29.1 Å². The van der Waals surface area contributed by atoms with Crippen LogP contribution in [0.15, 0.2) is 23.3 Å². The third-order valence-corrected chi connectivity index (χ3v) is 2.60. The number of anilines is 1. The zero-order chi connectivity index (χ0) is 13.5. The van der Waals surface area contributed by atoms with Crippen LogP contribution in [0.4, 0.5) is 10.5 Å². The molecule has 0 aliphatic heterocycles. The highest BCUT2D eigenvalue weighted by molar-refractivity contribution is 6.31. The van der Waals surface area contributed by atoms with Gasteiger partial charge in [-0.15, -0.1) is 0 Å². The summed E-state index contributed by atoms with van der Waals surface area (Å²) in [5, 5.41) is 7.70. The number of hydrogen-bond donors (Lipinski definition) is 2. The van der Waals surface area contributed by atoms with Gasteiger partial charge in [-0.1, -0.05) is 18.5 Å². The van der Waals surface area contributed by atoms with Crippen LogP contribution in [0.3, 0.4) is 0 Å². The summed E-state index contributed by atoms with van der Waals surface area (Å²) >= 11 is 5.97. The fourth-order valence-corrected chi connectivity index (χ4v) is 1.63. The quantitative estimate of drug-likeness (QED) is 0.653. The molecular weight excluding hydrogens is 254 g/mol. The van der Waals surface area contributed by atoms with Crippen molar-refractivity contribution in [3.8, 4) is 0 Å². The molecule has 6 heteroatoms. The zero-order valence-electron chi connectivity index (χ0n) is 10.6. The van der Waals surface area contributed by atoms with E-state index in [0.717, 1.165) is 11.3 Å².